The van der Waals surface area contributed by atoms with E-state index in [2.05, 4.69) is 4.98 Å². The van der Waals surface area contributed by atoms with Crippen molar-refractivity contribution in [2.45, 2.75) is 31.0 Å². The van der Waals surface area contributed by atoms with Gasteiger partial charge in [-0.3, -0.25) is 0 Å². The molecule has 4 rings (SSSR count). The number of halogens is 2. The summed E-state index contributed by atoms with van der Waals surface area (Å²) in [6.07, 6.45) is -4.73. The number of aliphatic hydroxyl groups is 3. The first-order valence-corrected chi connectivity index (χ1v) is 9.79. The van der Waals surface area contributed by atoms with Gasteiger partial charge in [-0.2, -0.15) is 0 Å². The van der Waals surface area contributed by atoms with E-state index >= 15 is 0 Å². The van der Waals surface area contributed by atoms with Crippen molar-refractivity contribution in [2.24, 2.45) is 0 Å². The SMILES string of the molecule is O=C(OCC1OC(O)C(O)CC1O)c1ccc2nc(-c3cc(Cl)cc(Cl)c3)oc2c1. The van der Waals surface area contributed by atoms with Crippen molar-refractivity contribution in [3.8, 4) is 11.5 Å². The number of rotatable bonds is 4. The molecule has 3 N–H and O–H groups in total. The van der Waals surface area contributed by atoms with Crippen LogP contribution in [0.2, 0.25) is 10.0 Å². The Morgan fingerprint density at radius 1 is 1.10 bits per heavy atom. The highest BCUT2D eigenvalue weighted by atomic mass is 35.5. The molecule has 0 bridgehead atoms. The molecular weight excluding hydrogens is 437 g/mol. The number of hydrogen-bond donors (Lipinski definition) is 3. The molecule has 3 aromatic rings. The quantitative estimate of drug-likeness (QED) is 0.515. The lowest BCUT2D eigenvalue weighted by Crippen LogP contribution is -2.49. The number of aliphatic hydroxyl groups excluding tert-OH is 3. The van der Waals surface area contributed by atoms with Crippen LogP contribution in [0.3, 0.4) is 0 Å². The minimum absolute atomic E-state index is 0.0797. The van der Waals surface area contributed by atoms with Crippen LogP contribution >= 0.6 is 23.2 Å². The Hall–Kier alpha value is -2.20. The summed E-state index contributed by atoms with van der Waals surface area (Å²) < 4.78 is 16.0. The summed E-state index contributed by atoms with van der Waals surface area (Å²) in [5, 5.41) is 29.8. The second-order valence-corrected chi connectivity index (χ2v) is 7.77. The van der Waals surface area contributed by atoms with Crippen molar-refractivity contribution < 1.29 is 34.0 Å². The summed E-state index contributed by atoms with van der Waals surface area (Å²) in [6.45, 7) is -0.287. The van der Waals surface area contributed by atoms with Crippen molar-refractivity contribution in [3.63, 3.8) is 0 Å². The first-order valence-electron chi connectivity index (χ1n) is 9.04. The summed E-state index contributed by atoms with van der Waals surface area (Å²) in [5.41, 5.74) is 1.70. The Bertz CT molecular complexity index is 1070. The average molecular weight is 454 g/mol. The van der Waals surface area contributed by atoms with Gasteiger partial charge in [0.25, 0.3) is 0 Å². The topological polar surface area (TPSA) is 122 Å². The van der Waals surface area contributed by atoms with Crippen molar-refractivity contribution >= 4 is 40.3 Å². The maximum atomic E-state index is 12.4. The fraction of sp³-hybridized carbons (Fsp3) is 0.300. The number of benzene rings is 2. The molecule has 0 radical (unpaired) electrons. The van der Waals surface area contributed by atoms with Gasteiger partial charge in [-0.05, 0) is 36.4 Å². The molecule has 10 heteroatoms. The first kappa shape index (κ1) is 21.0. The molecule has 2 heterocycles. The summed E-state index contributed by atoms with van der Waals surface area (Å²) in [5.74, 6) is -0.372. The van der Waals surface area contributed by atoms with Crippen LogP contribution in [0.4, 0.5) is 0 Å². The van der Waals surface area contributed by atoms with Gasteiger partial charge >= 0.3 is 5.97 Å². The highest BCUT2D eigenvalue weighted by molar-refractivity contribution is 6.35. The molecule has 1 aliphatic heterocycles. The number of fused-ring (bicyclic) bond motifs is 1. The van der Waals surface area contributed by atoms with E-state index in [4.69, 9.17) is 37.1 Å². The van der Waals surface area contributed by atoms with Gasteiger partial charge in [-0.25, -0.2) is 9.78 Å². The molecule has 1 aliphatic rings. The normalized spacial score (nSPS) is 24.2. The summed E-state index contributed by atoms with van der Waals surface area (Å²) in [4.78, 5) is 16.8. The van der Waals surface area contributed by atoms with Crippen LogP contribution in [0.15, 0.2) is 40.8 Å². The molecule has 0 amide bonds. The zero-order valence-corrected chi connectivity index (χ0v) is 16.9. The molecule has 0 saturated carbocycles. The minimum atomic E-state index is -1.44. The Morgan fingerprint density at radius 3 is 2.57 bits per heavy atom. The molecule has 0 aliphatic carbocycles. The molecule has 4 unspecified atom stereocenters. The van der Waals surface area contributed by atoms with Crippen molar-refractivity contribution in [3.05, 3.63) is 52.0 Å². The number of carbonyl (C=O) groups excluding carboxylic acids is 1. The fourth-order valence-corrected chi connectivity index (χ4v) is 3.65. The van der Waals surface area contributed by atoms with Crippen LogP contribution in [-0.4, -0.2) is 57.5 Å². The van der Waals surface area contributed by atoms with E-state index in [9.17, 15) is 20.1 Å². The second kappa shape index (κ2) is 8.50. The monoisotopic (exact) mass is 453 g/mol. The maximum Gasteiger partial charge on any atom is 0.338 e. The van der Waals surface area contributed by atoms with Gasteiger partial charge < -0.3 is 29.2 Å². The van der Waals surface area contributed by atoms with Gasteiger partial charge in [0.2, 0.25) is 5.89 Å². The van der Waals surface area contributed by atoms with Gasteiger partial charge in [-0.1, -0.05) is 23.2 Å². The number of ether oxygens (including phenoxy) is 2. The molecule has 1 fully saturated rings. The molecule has 0 spiro atoms. The Morgan fingerprint density at radius 2 is 1.83 bits per heavy atom. The van der Waals surface area contributed by atoms with E-state index in [-0.39, 0.29) is 18.6 Å². The van der Waals surface area contributed by atoms with Crippen molar-refractivity contribution in [1.29, 1.82) is 0 Å². The smallest absolute Gasteiger partial charge is 0.338 e. The molecular formula is C20H17Cl2NO7. The Balaban J connectivity index is 1.48. The van der Waals surface area contributed by atoms with Crippen LogP contribution < -0.4 is 0 Å². The van der Waals surface area contributed by atoms with Crippen LogP contribution in [0, 0.1) is 0 Å². The zero-order chi connectivity index (χ0) is 21.4. The predicted octanol–water partition coefficient (Wildman–Crippen LogP) is 2.79. The molecule has 8 nitrogen and oxygen atoms in total. The summed E-state index contributed by atoms with van der Waals surface area (Å²) >= 11 is 12.0. The van der Waals surface area contributed by atoms with Crippen LogP contribution in [-0.2, 0) is 9.47 Å². The van der Waals surface area contributed by atoms with Crippen molar-refractivity contribution in [2.75, 3.05) is 6.61 Å². The van der Waals surface area contributed by atoms with Crippen molar-refractivity contribution in [1.82, 2.24) is 4.98 Å². The Kier molecular flexibility index (Phi) is 5.97. The van der Waals surface area contributed by atoms with E-state index in [0.717, 1.165) is 0 Å². The molecule has 4 atom stereocenters. The van der Waals surface area contributed by atoms with Gasteiger partial charge in [0.1, 0.15) is 24.3 Å². The van der Waals surface area contributed by atoms with Gasteiger partial charge in [-0.15, -0.1) is 0 Å². The summed E-state index contributed by atoms with van der Waals surface area (Å²) in [7, 11) is 0. The number of aromatic nitrogens is 1. The number of nitrogens with zero attached hydrogens (tertiary/aromatic N) is 1. The summed E-state index contributed by atoms with van der Waals surface area (Å²) in [6, 6.07) is 9.53. The minimum Gasteiger partial charge on any atom is -0.459 e. The highest BCUT2D eigenvalue weighted by Crippen LogP contribution is 2.30. The number of esters is 1. The Labute approximate surface area is 180 Å². The lowest BCUT2D eigenvalue weighted by Gasteiger charge is -2.34. The van der Waals surface area contributed by atoms with E-state index in [1.807, 2.05) is 0 Å². The maximum absolute atomic E-state index is 12.4. The average Bonchev–Trinajstić information content (AvgIpc) is 3.12. The van der Waals surface area contributed by atoms with Crippen LogP contribution in [0.5, 0.6) is 0 Å². The number of oxazole rings is 1. The first-order chi connectivity index (χ1) is 14.3. The van der Waals surface area contributed by atoms with E-state index in [0.29, 0.717) is 32.6 Å². The second-order valence-electron chi connectivity index (χ2n) is 6.89. The van der Waals surface area contributed by atoms with Gasteiger partial charge in [0.15, 0.2) is 11.9 Å². The number of hydrogen-bond acceptors (Lipinski definition) is 8. The van der Waals surface area contributed by atoms with Crippen LogP contribution in [0.1, 0.15) is 16.8 Å². The molecule has 2 aromatic carbocycles. The molecule has 1 saturated heterocycles. The third-order valence-corrected chi connectivity index (χ3v) is 5.10. The third-order valence-electron chi connectivity index (χ3n) is 4.67. The predicted molar refractivity (Wildman–Crippen MR) is 107 cm³/mol. The van der Waals surface area contributed by atoms with E-state index < -0.39 is 30.6 Å². The van der Waals surface area contributed by atoms with E-state index in [1.165, 1.54) is 12.1 Å². The zero-order valence-electron chi connectivity index (χ0n) is 15.4. The lowest BCUT2D eigenvalue weighted by molar-refractivity contribution is -0.251. The standard InChI is InChI=1S/C20H17Cl2NO7/c21-11-3-10(4-12(22)6-11)18-23-13-2-1-9(5-16(13)29-18)19(26)28-8-17-14(24)7-15(25)20(27)30-17/h1-6,14-15,17,20,24-25,27H,7-8H2. The molecule has 30 heavy (non-hydrogen) atoms. The fourth-order valence-electron chi connectivity index (χ4n) is 3.12. The molecule has 158 valence electrons. The lowest BCUT2D eigenvalue weighted by atomic mass is 10.0. The molecule has 1 aromatic heterocycles. The van der Waals surface area contributed by atoms with Crippen LogP contribution in [0.25, 0.3) is 22.6 Å². The highest BCUT2D eigenvalue weighted by Gasteiger charge is 2.36. The largest absolute Gasteiger partial charge is 0.459 e. The van der Waals surface area contributed by atoms with Gasteiger partial charge in [0, 0.05) is 22.0 Å². The third kappa shape index (κ3) is 4.44. The van der Waals surface area contributed by atoms with Gasteiger partial charge in [0.05, 0.1) is 11.7 Å². The van der Waals surface area contributed by atoms with E-state index in [1.54, 1.807) is 24.3 Å². The number of carbonyl (C=O) groups is 1.